The first-order valence-corrected chi connectivity index (χ1v) is 15.1. The third-order valence-corrected chi connectivity index (χ3v) is 10.3. The third kappa shape index (κ3) is 3.85. The van der Waals surface area contributed by atoms with Crippen molar-refractivity contribution >= 4 is 32.7 Å². The molecule has 0 unspecified atom stereocenters. The molecular formula is C37H42NO+. The highest BCUT2D eigenvalue weighted by Gasteiger charge is 2.38. The summed E-state index contributed by atoms with van der Waals surface area (Å²) in [6, 6.07) is 18.7. The number of nitrogens with zero attached hydrogens (tertiary/aromatic N) is 1. The molecule has 2 nitrogen and oxygen atoms in total. The van der Waals surface area contributed by atoms with Crippen LogP contribution in [-0.4, -0.2) is 0 Å². The molecule has 0 spiro atoms. The first kappa shape index (κ1) is 24.9. The molecule has 0 N–H and O–H groups in total. The van der Waals surface area contributed by atoms with Crippen LogP contribution < -0.4 is 4.57 Å². The highest BCUT2D eigenvalue weighted by atomic mass is 16.3. The van der Waals surface area contributed by atoms with E-state index in [-0.39, 0.29) is 10.8 Å². The topological polar surface area (TPSA) is 17.0 Å². The zero-order valence-corrected chi connectivity index (χ0v) is 24.6. The van der Waals surface area contributed by atoms with Crippen LogP contribution in [-0.2, 0) is 17.9 Å². The fourth-order valence-electron chi connectivity index (χ4n) is 7.82. The van der Waals surface area contributed by atoms with E-state index in [9.17, 15) is 0 Å². The molecule has 2 heteroatoms. The summed E-state index contributed by atoms with van der Waals surface area (Å²) in [7, 11) is 2.20. The molecule has 0 atom stereocenters. The maximum absolute atomic E-state index is 6.83. The Balaban J connectivity index is 1.44. The Morgan fingerprint density at radius 1 is 0.795 bits per heavy atom. The van der Waals surface area contributed by atoms with Gasteiger partial charge in [0.05, 0.1) is 5.56 Å². The van der Waals surface area contributed by atoms with Crippen LogP contribution in [0.4, 0.5) is 0 Å². The lowest BCUT2D eigenvalue weighted by Crippen LogP contribution is -2.34. The molecular weight excluding hydrogens is 474 g/mol. The molecule has 0 radical (unpaired) electrons. The van der Waals surface area contributed by atoms with Crippen molar-refractivity contribution in [3.05, 3.63) is 77.0 Å². The number of rotatable bonds is 2. The Morgan fingerprint density at radius 2 is 1.56 bits per heavy atom. The summed E-state index contributed by atoms with van der Waals surface area (Å²) in [4.78, 5) is 0. The molecule has 1 fully saturated rings. The molecule has 2 aromatic heterocycles. The van der Waals surface area contributed by atoms with Crippen molar-refractivity contribution in [1.82, 2.24) is 0 Å². The quantitative estimate of drug-likeness (QED) is 0.213. The van der Waals surface area contributed by atoms with Crippen molar-refractivity contribution in [3.8, 4) is 11.3 Å². The van der Waals surface area contributed by atoms with E-state index in [1.54, 1.807) is 0 Å². The Labute approximate surface area is 233 Å². The maximum atomic E-state index is 6.83. The molecule has 0 saturated heterocycles. The van der Waals surface area contributed by atoms with Gasteiger partial charge >= 0.3 is 0 Å². The lowest BCUT2D eigenvalue weighted by atomic mass is 9.62. The number of aryl methyl sites for hydroxylation is 2. The minimum absolute atomic E-state index is 0.152. The van der Waals surface area contributed by atoms with E-state index in [1.807, 2.05) is 0 Å². The maximum Gasteiger partial charge on any atom is 0.216 e. The zero-order valence-electron chi connectivity index (χ0n) is 24.6. The Kier molecular flexibility index (Phi) is 5.54. The van der Waals surface area contributed by atoms with E-state index in [1.165, 1.54) is 100 Å². The SMILES string of the molecule is Cc1ccc2c(oc3cc4c5c(ccc4cc32)C(C)(C)CCC5(C)C)c1-c1ccc(C2CCCCC2)c[n+]1C. The smallest absolute Gasteiger partial charge is 0.216 e. The minimum Gasteiger partial charge on any atom is -0.455 e. The average Bonchev–Trinajstić information content (AvgIpc) is 3.27. The van der Waals surface area contributed by atoms with Gasteiger partial charge in [0.15, 0.2) is 6.20 Å². The van der Waals surface area contributed by atoms with Gasteiger partial charge in [0, 0.05) is 22.4 Å². The summed E-state index contributed by atoms with van der Waals surface area (Å²) in [6.45, 7) is 11.9. The highest BCUT2D eigenvalue weighted by Crippen LogP contribution is 2.49. The van der Waals surface area contributed by atoms with Gasteiger partial charge in [0.1, 0.15) is 18.2 Å². The predicted octanol–water partition coefficient (Wildman–Crippen LogP) is 9.94. The van der Waals surface area contributed by atoms with Crippen molar-refractivity contribution < 1.29 is 8.98 Å². The van der Waals surface area contributed by atoms with Gasteiger partial charge in [-0.25, -0.2) is 4.57 Å². The number of pyridine rings is 1. The number of furan rings is 1. The molecule has 0 amide bonds. The van der Waals surface area contributed by atoms with Gasteiger partial charge in [0.2, 0.25) is 5.69 Å². The number of aromatic nitrogens is 1. The summed E-state index contributed by atoms with van der Waals surface area (Å²) >= 11 is 0. The second kappa shape index (κ2) is 8.68. The van der Waals surface area contributed by atoms with Crippen LogP contribution >= 0.6 is 0 Å². The van der Waals surface area contributed by atoms with Crippen molar-refractivity contribution in [2.75, 3.05) is 0 Å². The van der Waals surface area contributed by atoms with Gasteiger partial charge in [-0.3, -0.25) is 0 Å². The van der Waals surface area contributed by atoms with E-state index in [0.29, 0.717) is 5.92 Å². The summed E-state index contributed by atoms with van der Waals surface area (Å²) in [6.07, 6.45) is 11.6. The van der Waals surface area contributed by atoms with Crippen LogP contribution in [0.15, 0.2) is 59.1 Å². The molecule has 7 rings (SSSR count). The molecule has 0 bridgehead atoms. The van der Waals surface area contributed by atoms with Crippen LogP contribution in [0.5, 0.6) is 0 Å². The van der Waals surface area contributed by atoms with E-state index < -0.39 is 0 Å². The van der Waals surface area contributed by atoms with Gasteiger partial charge in [-0.05, 0) is 95.0 Å². The van der Waals surface area contributed by atoms with Crippen molar-refractivity contribution in [2.24, 2.45) is 7.05 Å². The molecule has 200 valence electrons. The van der Waals surface area contributed by atoms with Crippen LogP contribution in [0.25, 0.3) is 44.0 Å². The summed E-state index contributed by atoms with van der Waals surface area (Å²) < 4.78 is 9.16. The first-order chi connectivity index (χ1) is 18.6. The minimum atomic E-state index is 0.152. The Morgan fingerprint density at radius 3 is 2.33 bits per heavy atom. The molecule has 2 aliphatic carbocycles. The largest absolute Gasteiger partial charge is 0.455 e. The fourth-order valence-corrected chi connectivity index (χ4v) is 7.82. The van der Waals surface area contributed by atoms with Crippen LogP contribution in [0.1, 0.15) is 101 Å². The van der Waals surface area contributed by atoms with Crippen LogP contribution in [0.2, 0.25) is 0 Å². The molecule has 0 aliphatic heterocycles. The number of hydrogen-bond donors (Lipinski definition) is 0. The Hall–Kier alpha value is -3.13. The second-order valence-electron chi connectivity index (χ2n) is 13.9. The Bertz CT molecular complexity index is 1760. The third-order valence-electron chi connectivity index (χ3n) is 10.3. The highest BCUT2D eigenvalue weighted by molar-refractivity contribution is 6.13. The lowest BCUT2D eigenvalue weighted by molar-refractivity contribution is -0.660. The molecule has 2 heterocycles. The summed E-state index contributed by atoms with van der Waals surface area (Å²) in [5, 5.41) is 5.10. The normalized spacial score (nSPS) is 19.1. The summed E-state index contributed by atoms with van der Waals surface area (Å²) in [5.41, 5.74) is 10.6. The van der Waals surface area contributed by atoms with E-state index >= 15 is 0 Å². The predicted molar refractivity (Wildman–Crippen MR) is 164 cm³/mol. The van der Waals surface area contributed by atoms with Crippen molar-refractivity contribution in [3.63, 3.8) is 0 Å². The zero-order chi connectivity index (χ0) is 27.1. The molecule has 3 aromatic carbocycles. The average molecular weight is 517 g/mol. The van der Waals surface area contributed by atoms with Crippen molar-refractivity contribution in [2.45, 2.75) is 96.3 Å². The first-order valence-electron chi connectivity index (χ1n) is 15.1. The van der Waals surface area contributed by atoms with Gasteiger partial charge < -0.3 is 4.42 Å². The standard InChI is InChI=1S/C37H42NO/c1-23-12-15-27-29-20-25-13-16-30-34(37(4,5)19-18-36(30,2)3)28(25)21-32(29)39-35(27)33(23)31-17-14-26(22-38(31)6)24-10-8-7-9-11-24/h12-17,20-22,24H,7-11,18-19H2,1-6H3/q+1. The van der Waals surface area contributed by atoms with E-state index in [0.717, 1.165) is 11.2 Å². The van der Waals surface area contributed by atoms with Gasteiger partial charge in [-0.15, -0.1) is 0 Å². The van der Waals surface area contributed by atoms with Gasteiger partial charge in [-0.1, -0.05) is 71.2 Å². The second-order valence-corrected chi connectivity index (χ2v) is 13.9. The van der Waals surface area contributed by atoms with Gasteiger partial charge in [-0.2, -0.15) is 0 Å². The molecule has 5 aromatic rings. The lowest BCUT2D eigenvalue weighted by Gasteiger charge is -2.42. The van der Waals surface area contributed by atoms with Crippen LogP contribution in [0.3, 0.4) is 0 Å². The van der Waals surface area contributed by atoms with Crippen LogP contribution in [0, 0.1) is 6.92 Å². The van der Waals surface area contributed by atoms with Gasteiger partial charge in [0.25, 0.3) is 0 Å². The van der Waals surface area contributed by atoms with E-state index in [2.05, 4.69) is 101 Å². The summed E-state index contributed by atoms with van der Waals surface area (Å²) in [5.74, 6) is 0.703. The van der Waals surface area contributed by atoms with E-state index in [4.69, 9.17) is 4.42 Å². The molecule has 39 heavy (non-hydrogen) atoms. The number of fused-ring (bicyclic) bond motifs is 6. The number of hydrogen-bond acceptors (Lipinski definition) is 1. The fraction of sp³-hybridized carbons (Fsp3) is 0.432. The monoisotopic (exact) mass is 516 g/mol. The van der Waals surface area contributed by atoms with Crippen molar-refractivity contribution in [1.29, 1.82) is 0 Å². The molecule has 2 aliphatic rings. The molecule has 1 saturated carbocycles. The number of benzene rings is 3.